The second kappa shape index (κ2) is 6.92. The molecule has 1 aliphatic rings. The van der Waals surface area contributed by atoms with Gasteiger partial charge in [-0.25, -0.2) is 12.8 Å². The van der Waals surface area contributed by atoms with E-state index in [2.05, 4.69) is 5.32 Å². The van der Waals surface area contributed by atoms with Gasteiger partial charge in [0.25, 0.3) is 10.0 Å². The number of hydrogen-bond donors (Lipinski definition) is 1. The predicted molar refractivity (Wildman–Crippen MR) is 94.3 cm³/mol. The third-order valence-electron chi connectivity index (χ3n) is 4.44. The first-order valence-corrected chi connectivity index (χ1v) is 10.3. The maximum Gasteiger partial charge on any atom is 0.253 e. The number of benzene rings is 1. The first-order valence-electron chi connectivity index (χ1n) is 8.01. The number of rotatable bonds is 6. The lowest BCUT2D eigenvalue weighted by molar-refractivity contribution is 0.358. The summed E-state index contributed by atoms with van der Waals surface area (Å²) in [5, 5.41) is 3.20. The molecule has 1 unspecified atom stereocenters. The zero-order valence-corrected chi connectivity index (χ0v) is 15.3. The summed E-state index contributed by atoms with van der Waals surface area (Å²) >= 11 is 1.35. The van der Waals surface area contributed by atoms with Crippen LogP contribution in [0.1, 0.15) is 36.2 Å². The molecule has 1 atom stereocenters. The van der Waals surface area contributed by atoms with Crippen LogP contribution in [-0.2, 0) is 10.0 Å². The Morgan fingerprint density at radius 1 is 1.25 bits per heavy atom. The Bertz CT molecular complexity index is 798. The molecule has 1 N–H and O–H groups in total. The second-order valence-electron chi connectivity index (χ2n) is 5.95. The average molecular weight is 368 g/mol. The van der Waals surface area contributed by atoms with Gasteiger partial charge in [-0.3, -0.25) is 0 Å². The molecule has 0 radical (unpaired) electrons. The zero-order chi connectivity index (χ0) is 17.3. The fourth-order valence-electron chi connectivity index (χ4n) is 2.86. The maximum atomic E-state index is 13.1. The molecule has 1 aromatic heterocycles. The quantitative estimate of drug-likeness (QED) is 0.851. The highest BCUT2D eigenvalue weighted by Gasteiger charge is 2.31. The molecular weight excluding hydrogens is 347 g/mol. The highest BCUT2D eigenvalue weighted by Crippen LogP contribution is 2.34. The molecule has 2 heterocycles. The predicted octanol–water partition coefficient (Wildman–Crippen LogP) is 3.35. The van der Waals surface area contributed by atoms with E-state index in [1.54, 1.807) is 18.2 Å². The van der Waals surface area contributed by atoms with Gasteiger partial charge < -0.3 is 5.32 Å². The number of hydrogen-bond acceptors (Lipinski definition) is 4. The van der Waals surface area contributed by atoms with Crippen LogP contribution in [0.4, 0.5) is 4.39 Å². The summed E-state index contributed by atoms with van der Waals surface area (Å²) in [5.74, 6) is 0.0948. The first kappa shape index (κ1) is 17.5. The van der Waals surface area contributed by atoms with Crippen LogP contribution in [0.15, 0.2) is 40.6 Å². The van der Waals surface area contributed by atoms with Gasteiger partial charge in [-0.15, -0.1) is 11.3 Å². The molecule has 7 heteroatoms. The summed E-state index contributed by atoms with van der Waals surface area (Å²) in [6.45, 7) is 5.83. The van der Waals surface area contributed by atoms with Crippen LogP contribution in [-0.4, -0.2) is 32.4 Å². The largest absolute Gasteiger partial charge is 0.315 e. The van der Waals surface area contributed by atoms with E-state index in [1.807, 2.05) is 19.9 Å². The molecule has 0 bridgehead atoms. The van der Waals surface area contributed by atoms with E-state index in [0.717, 1.165) is 23.5 Å². The molecule has 24 heavy (non-hydrogen) atoms. The van der Waals surface area contributed by atoms with Crippen LogP contribution >= 0.6 is 11.3 Å². The standard InChI is InChI=1S/C17H21FN2O2S2/c1-3-20(12(2)13-4-6-15(18)7-5-13)24(21,22)17-9-8-16(23-17)14-10-19-11-14/h4-9,12,14,19H,3,10-11H2,1-2H3. The van der Waals surface area contributed by atoms with Crippen molar-refractivity contribution in [1.29, 1.82) is 0 Å². The molecule has 0 amide bonds. The molecule has 1 fully saturated rings. The number of nitrogens with zero attached hydrogens (tertiary/aromatic N) is 1. The van der Waals surface area contributed by atoms with Gasteiger partial charge in [-0.2, -0.15) is 4.31 Å². The lowest BCUT2D eigenvalue weighted by Crippen LogP contribution is -2.39. The van der Waals surface area contributed by atoms with Crippen molar-refractivity contribution in [2.75, 3.05) is 19.6 Å². The van der Waals surface area contributed by atoms with Gasteiger partial charge in [0.1, 0.15) is 10.0 Å². The maximum absolute atomic E-state index is 13.1. The van der Waals surface area contributed by atoms with Crippen molar-refractivity contribution in [3.63, 3.8) is 0 Å². The van der Waals surface area contributed by atoms with Crippen LogP contribution in [0, 0.1) is 5.82 Å². The molecule has 0 aliphatic carbocycles. The average Bonchev–Trinajstić information content (AvgIpc) is 2.96. The topological polar surface area (TPSA) is 49.4 Å². The van der Waals surface area contributed by atoms with Crippen LogP contribution in [0.3, 0.4) is 0 Å². The van der Waals surface area contributed by atoms with Crippen LogP contribution in [0.5, 0.6) is 0 Å². The van der Waals surface area contributed by atoms with Gasteiger partial charge in [-0.05, 0) is 36.8 Å². The van der Waals surface area contributed by atoms with Crippen molar-refractivity contribution in [2.45, 2.75) is 30.0 Å². The fraction of sp³-hybridized carbons (Fsp3) is 0.412. The minimum Gasteiger partial charge on any atom is -0.315 e. The Morgan fingerprint density at radius 3 is 2.46 bits per heavy atom. The summed E-state index contributed by atoms with van der Waals surface area (Å²) in [6.07, 6.45) is 0. The van der Waals surface area contributed by atoms with Crippen molar-refractivity contribution in [2.24, 2.45) is 0 Å². The highest BCUT2D eigenvalue weighted by atomic mass is 32.2. The van der Waals surface area contributed by atoms with Gasteiger partial charge in [0.2, 0.25) is 0 Å². The van der Waals surface area contributed by atoms with Crippen molar-refractivity contribution in [3.05, 3.63) is 52.7 Å². The zero-order valence-electron chi connectivity index (χ0n) is 13.7. The summed E-state index contributed by atoms with van der Waals surface area (Å²) in [4.78, 5) is 1.11. The molecule has 4 nitrogen and oxygen atoms in total. The molecule has 1 saturated heterocycles. The van der Waals surface area contributed by atoms with E-state index >= 15 is 0 Å². The first-order chi connectivity index (χ1) is 11.4. The fourth-order valence-corrected chi connectivity index (χ4v) is 6.04. The van der Waals surface area contributed by atoms with Crippen molar-refractivity contribution in [1.82, 2.24) is 9.62 Å². The Morgan fingerprint density at radius 2 is 1.92 bits per heavy atom. The Hall–Kier alpha value is -1.28. The van der Waals surface area contributed by atoms with Crippen molar-refractivity contribution in [3.8, 4) is 0 Å². The van der Waals surface area contributed by atoms with Gasteiger partial charge in [0.15, 0.2) is 0 Å². The van der Waals surface area contributed by atoms with Gasteiger partial charge in [0.05, 0.1) is 0 Å². The van der Waals surface area contributed by atoms with Crippen LogP contribution in [0.2, 0.25) is 0 Å². The summed E-state index contributed by atoms with van der Waals surface area (Å²) < 4.78 is 41.0. The second-order valence-corrected chi connectivity index (χ2v) is 9.18. The number of nitrogens with one attached hydrogen (secondary N) is 1. The number of sulfonamides is 1. The smallest absolute Gasteiger partial charge is 0.253 e. The van der Waals surface area contributed by atoms with Crippen LogP contribution < -0.4 is 5.32 Å². The van der Waals surface area contributed by atoms with E-state index in [-0.39, 0.29) is 11.9 Å². The Kier molecular flexibility index (Phi) is 5.05. The monoisotopic (exact) mass is 368 g/mol. The summed E-state index contributed by atoms with van der Waals surface area (Å²) in [6, 6.07) is 9.26. The molecular formula is C17H21FN2O2S2. The summed E-state index contributed by atoms with van der Waals surface area (Å²) in [7, 11) is -3.57. The Balaban J connectivity index is 1.87. The van der Waals surface area contributed by atoms with E-state index in [1.165, 1.54) is 27.8 Å². The van der Waals surface area contributed by atoms with E-state index in [4.69, 9.17) is 0 Å². The molecule has 0 saturated carbocycles. The number of halogens is 1. The third kappa shape index (κ3) is 3.26. The van der Waals surface area contributed by atoms with Crippen LogP contribution in [0.25, 0.3) is 0 Å². The third-order valence-corrected chi connectivity index (χ3v) is 8.21. The van der Waals surface area contributed by atoms with Crippen molar-refractivity contribution < 1.29 is 12.8 Å². The number of thiophene rings is 1. The highest BCUT2D eigenvalue weighted by molar-refractivity contribution is 7.91. The molecule has 0 spiro atoms. The summed E-state index contributed by atoms with van der Waals surface area (Å²) in [5.41, 5.74) is 0.779. The SMILES string of the molecule is CCN(C(C)c1ccc(F)cc1)S(=O)(=O)c1ccc(C2CNC2)s1. The minimum atomic E-state index is -3.57. The molecule has 3 rings (SSSR count). The lowest BCUT2D eigenvalue weighted by Gasteiger charge is -2.27. The van der Waals surface area contributed by atoms with Gasteiger partial charge in [0, 0.05) is 36.5 Å². The van der Waals surface area contributed by atoms with Gasteiger partial charge in [-0.1, -0.05) is 19.1 Å². The van der Waals surface area contributed by atoms with E-state index in [9.17, 15) is 12.8 Å². The normalized spacial score (nSPS) is 17.0. The van der Waals surface area contributed by atoms with E-state index < -0.39 is 10.0 Å². The molecule has 1 aromatic carbocycles. The van der Waals surface area contributed by atoms with Crippen molar-refractivity contribution >= 4 is 21.4 Å². The lowest BCUT2D eigenvalue weighted by atomic mass is 10.0. The molecule has 2 aromatic rings. The van der Waals surface area contributed by atoms with E-state index in [0.29, 0.717) is 16.7 Å². The minimum absolute atomic E-state index is 0.325. The molecule has 130 valence electrons. The molecule has 1 aliphatic heterocycles. The Labute approximate surface area is 146 Å². The van der Waals surface area contributed by atoms with Gasteiger partial charge >= 0.3 is 0 Å².